The van der Waals surface area contributed by atoms with Crippen LogP contribution >= 0.6 is 11.6 Å². The number of rotatable bonds is 4. The molecule has 19 heavy (non-hydrogen) atoms. The molecule has 102 valence electrons. The van der Waals surface area contributed by atoms with E-state index in [9.17, 15) is 9.59 Å². The first-order valence-electron chi connectivity index (χ1n) is 6.10. The SMILES string of the molecule is O=C(CNC(=O)C1CCCO1)Nc1cccc(Cl)c1. The molecule has 2 rings (SSSR count). The van der Waals surface area contributed by atoms with Gasteiger partial charge in [-0.3, -0.25) is 9.59 Å². The Bertz CT molecular complexity index is 473. The van der Waals surface area contributed by atoms with Crippen LogP contribution in [0.15, 0.2) is 24.3 Å². The molecule has 1 saturated heterocycles. The van der Waals surface area contributed by atoms with Crippen LogP contribution in [0.4, 0.5) is 5.69 Å². The molecule has 0 aliphatic carbocycles. The number of benzene rings is 1. The van der Waals surface area contributed by atoms with Crippen LogP contribution in [-0.4, -0.2) is 31.1 Å². The van der Waals surface area contributed by atoms with E-state index in [4.69, 9.17) is 16.3 Å². The summed E-state index contributed by atoms with van der Waals surface area (Å²) in [4.78, 5) is 23.3. The predicted octanol–water partition coefficient (Wildman–Crippen LogP) is 1.57. The number of hydrogen-bond acceptors (Lipinski definition) is 3. The lowest BCUT2D eigenvalue weighted by Gasteiger charge is -2.10. The maximum absolute atomic E-state index is 11.6. The van der Waals surface area contributed by atoms with E-state index >= 15 is 0 Å². The fourth-order valence-corrected chi connectivity index (χ4v) is 2.03. The van der Waals surface area contributed by atoms with E-state index in [2.05, 4.69) is 10.6 Å². The summed E-state index contributed by atoms with van der Waals surface area (Å²) in [5, 5.41) is 5.74. The molecule has 6 heteroatoms. The number of carbonyl (C=O) groups is 2. The number of halogens is 1. The van der Waals surface area contributed by atoms with Crippen molar-refractivity contribution in [3.63, 3.8) is 0 Å². The Morgan fingerprint density at radius 1 is 1.42 bits per heavy atom. The zero-order chi connectivity index (χ0) is 13.7. The third kappa shape index (κ3) is 4.22. The van der Waals surface area contributed by atoms with E-state index in [1.165, 1.54) is 0 Å². The van der Waals surface area contributed by atoms with Gasteiger partial charge in [-0.15, -0.1) is 0 Å². The second kappa shape index (κ2) is 6.54. The molecule has 1 atom stereocenters. The molecule has 0 spiro atoms. The number of carbonyl (C=O) groups excluding carboxylic acids is 2. The highest BCUT2D eigenvalue weighted by atomic mass is 35.5. The average molecular weight is 283 g/mol. The minimum absolute atomic E-state index is 0.0782. The molecule has 0 aromatic heterocycles. The van der Waals surface area contributed by atoms with Crippen molar-refractivity contribution in [2.24, 2.45) is 0 Å². The van der Waals surface area contributed by atoms with Crippen molar-refractivity contribution in [3.8, 4) is 0 Å². The third-order valence-electron chi connectivity index (χ3n) is 2.75. The van der Waals surface area contributed by atoms with E-state index < -0.39 is 6.10 Å². The largest absolute Gasteiger partial charge is 0.368 e. The zero-order valence-corrected chi connectivity index (χ0v) is 11.1. The van der Waals surface area contributed by atoms with Gasteiger partial charge < -0.3 is 15.4 Å². The highest BCUT2D eigenvalue weighted by Crippen LogP contribution is 2.14. The predicted molar refractivity (Wildman–Crippen MR) is 72.1 cm³/mol. The van der Waals surface area contributed by atoms with Crippen molar-refractivity contribution in [2.75, 3.05) is 18.5 Å². The van der Waals surface area contributed by atoms with Gasteiger partial charge in [0.2, 0.25) is 11.8 Å². The van der Waals surface area contributed by atoms with E-state index in [1.807, 2.05) is 0 Å². The first-order valence-corrected chi connectivity index (χ1v) is 6.47. The van der Waals surface area contributed by atoms with Gasteiger partial charge in [0, 0.05) is 17.3 Å². The summed E-state index contributed by atoms with van der Waals surface area (Å²) >= 11 is 5.80. The van der Waals surface area contributed by atoms with Crippen molar-refractivity contribution in [2.45, 2.75) is 18.9 Å². The Labute approximate surface area is 116 Å². The van der Waals surface area contributed by atoms with Gasteiger partial charge >= 0.3 is 0 Å². The van der Waals surface area contributed by atoms with Crippen molar-refractivity contribution < 1.29 is 14.3 Å². The lowest BCUT2D eigenvalue weighted by Crippen LogP contribution is -2.39. The van der Waals surface area contributed by atoms with E-state index in [0.29, 0.717) is 23.7 Å². The number of hydrogen-bond donors (Lipinski definition) is 2. The van der Waals surface area contributed by atoms with Crippen molar-refractivity contribution in [1.29, 1.82) is 0 Å². The molecule has 1 aliphatic rings. The molecule has 0 radical (unpaired) electrons. The topological polar surface area (TPSA) is 67.4 Å². The first-order chi connectivity index (χ1) is 9.15. The number of anilines is 1. The van der Waals surface area contributed by atoms with E-state index in [0.717, 1.165) is 6.42 Å². The molecular formula is C13H15ClN2O3. The summed E-state index contributed by atoms with van der Waals surface area (Å²) in [5.41, 5.74) is 0.601. The van der Waals surface area contributed by atoms with Crippen LogP contribution in [0.25, 0.3) is 0 Å². The zero-order valence-electron chi connectivity index (χ0n) is 10.3. The van der Waals surface area contributed by atoms with E-state index in [1.54, 1.807) is 24.3 Å². The van der Waals surface area contributed by atoms with Crippen LogP contribution in [0, 0.1) is 0 Å². The molecule has 1 fully saturated rings. The quantitative estimate of drug-likeness (QED) is 0.881. The Balaban J connectivity index is 1.76. The highest BCUT2D eigenvalue weighted by molar-refractivity contribution is 6.30. The molecule has 1 unspecified atom stereocenters. The van der Waals surface area contributed by atoms with Gasteiger partial charge in [-0.05, 0) is 31.0 Å². The number of nitrogens with one attached hydrogen (secondary N) is 2. The molecule has 1 heterocycles. The van der Waals surface area contributed by atoms with Gasteiger partial charge in [0.15, 0.2) is 0 Å². The van der Waals surface area contributed by atoms with Crippen LogP contribution in [0.5, 0.6) is 0 Å². The van der Waals surface area contributed by atoms with Gasteiger partial charge in [-0.2, -0.15) is 0 Å². The highest BCUT2D eigenvalue weighted by Gasteiger charge is 2.23. The maximum atomic E-state index is 11.6. The van der Waals surface area contributed by atoms with Crippen LogP contribution in [0.1, 0.15) is 12.8 Å². The van der Waals surface area contributed by atoms with Crippen LogP contribution in [0.2, 0.25) is 5.02 Å². The minimum atomic E-state index is -0.418. The summed E-state index contributed by atoms with van der Waals surface area (Å²) in [6.07, 6.45) is 1.17. The monoisotopic (exact) mass is 282 g/mol. The van der Waals surface area contributed by atoms with Gasteiger partial charge in [-0.1, -0.05) is 17.7 Å². The number of amides is 2. The van der Waals surface area contributed by atoms with Crippen molar-refractivity contribution in [1.82, 2.24) is 5.32 Å². The van der Waals surface area contributed by atoms with Gasteiger partial charge in [0.05, 0.1) is 6.54 Å². The lowest BCUT2D eigenvalue weighted by atomic mass is 10.2. The summed E-state index contributed by atoms with van der Waals surface area (Å²) < 4.78 is 5.22. The average Bonchev–Trinajstić information content (AvgIpc) is 2.90. The van der Waals surface area contributed by atoms with Crippen LogP contribution in [-0.2, 0) is 14.3 Å². The third-order valence-corrected chi connectivity index (χ3v) is 2.99. The molecule has 1 aliphatic heterocycles. The second-order valence-corrected chi connectivity index (χ2v) is 4.71. The van der Waals surface area contributed by atoms with Crippen molar-refractivity contribution >= 4 is 29.1 Å². The Morgan fingerprint density at radius 2 is 2.26 bits per heavy atom. The molecule has 1 aromatic carbocycles. The van der Waals surface area contributed by atoms with Crippen LogP contribution < -0.4 is 10.6 Å². The molecule has 5 nitrogen and oxygen atoms in total. The Morgan fingerprint density at radius 3 is 2.95 bits per heavy atom. The molecule has 1 aromatic rings. The molecular weight excluding hydrogens is 268 g/mol. The fourth-order valence-electron chi connectivity index (χ4n) is 1.84. The summed E-state index contributed by atoms with van der Waals surface area (Å²) in [5.74, 6) is -0.535. The molecule has 0 bridgehead atoms. The van der Waals surface area contributed by atoms with Crippen molar-refractivity contribution in [3.05, 3.63) is 29.3 Å². The smallest absolute Gasteiger partial charge is 0.249 e. The molecule has 2 amide bonds. The van der Waals surface area contributed by atoms with Gasteiger partial charge in [-0.25, -0.2) is 0 Å². The summed E-state index contributed by atoms with van der Waals surface area (Å²) in [6.45, 7) is 0.526. The molecule has 2 N–H and O–H groups in total. The molecule has 0 saturated carbocycles. The van der Waals surface area contributed by atoms with Crippen LogP contribution in [0.3, 0.4) is 0 Å². The normalized spacial score (nSPS) is 18.1. The summed E-state index contributed by atoms with van der Waals surface area (Å²) in [6, 6.07) is 6.83. The minimum Gasteiger partial charge on any atom is -0.368 e. The van der Waals surface area contributed by atoms with E-state index in [-0.39, 0.29) is 18.4 Å². The number of ether oxygens (including phenoxy) is 1. The Hall–Kier alpha value is -1.59. The lowest BCUT2D eigenvalue weighted by molar-refractivity contribution is -0.131. The van der Waals surface area contributed by atoms with Gasteiger partial charge in [0.25, 0.3) is 0 Å². The standard InChI is InChI=1S/C13H15ClN2O3/c14-9-3-1-4-10(7-9)16-12(17)8-15-13(18)11-5-2-6-19-11/h1,3-4,7,11H,2,5-6,8H2,(H,15,18)(H,16,17). The maximum Gasteiger partial charge on any atom is 0.249 e. The summed E-state index contributed by atoms with van der Waals surface area (Å²) in [7, 11) is 0. The second-order valence-electron chi connectivity index (χ2n) is 4.28. The fraction of sp³-hybridized carbons (Fsp3) is 0.385. The van der Waals surface area contributed by atoms with Gasteiger partial charge in [0.1, 0.15) is 6.10 Å². The Kier molecular flexibility index (Phi) is 4.76. The first kappa shape index (κ1) is 13.8.